The van der Waals surface area contributed by atoms with Crippen LogP contribution in [0.15, 0.2) is 0 Å². The number of rotatable bonds is 0. The predicted octanol–water partition coefficient (Wildman–Crippen LogP) is 1.38. The van der Waals surface area contributed by atoms with E-state index < -0.39 is 6.08 Å². The van der Waals surface area contributed by atoms with E-state index in [1.807, 2.05) is 0 Å². The van der Waals surface area contributed by atoms with Crippen molar-refractivity contribution in [1.82, 2.24) is 9.97 Å². The Hall–Kier alpha value is -0.700. The van der Waals surface area contributed by atoms with Gasteiger partial charge < -0.3 is 0 Å². The van der Waals surface area contributed by atoms with Gasteiger partial charge in [-0.1, -0.05) is 11.6 Å². The topological polar surface area (TPSA) is 25.8 Å². The lowest BCUT2D eigenvalue weighted by molar-refractivity contribution is 0.534. The second-order valence-electron chi connectivity index (χ2n) is 1.50. The zero-order chi connectivity index (χ0) is 6.85. The smallest absolute Gasteiger partial charge is 0.206 e. The second kappa shape index (κ2) is 2.27. The molecule has 1 heterocycles. The highest BCUT2D eigenvalue weighted by molar-refractivity contribution is 6.30. The van der Waals surface area contributed by atoms with Crippen LogP contribution in [0.4, 0.5) is 4.39 Å². The molecule has 9 heavy (non-hydrogen) atoms. The molecule has 0 fully saturated rings. The Morgan fingerprint density at radius 1 is 1.67 bits per heavy atom. The highest BCUT2D eigenvalue weighted by Crippen LogP contribution is 2.08. The first kappa shape index (κ1) is 6.42. The molecular formula is C5H3ClFN2. The summed E-state index contributed by atoms with van der Waals surface area (Å²) in [7, 11) is 0. The molecule has 0 spiro atoms. The van der Waals surface area contributed by atoms with Crippen LogP contribution < -0.4 is 0 Å². The summed E-state index contributed by atoms with van der Waals surface area (Å²) in [6, 6.07) is 0. The fourth-order valence-corrected chi connectivity index (χ4v) is 0.473. The summed E-state index contributed by atoms with van der Waals surface area (Å²) in [4.78, 5) is 6.44. The molecule has 0 atom stereocenters. The van der Waals surface area contributed by atoms with Gasteiger partial charge in [-0.05, 0) is 6.92 Å². The van der Waals surface area contributed by atoms with Gasteiger partial charge in [-0.25, -0.2) is 4.98 Å². The van der Waals surface area contributed by atoms with Crippen molar-refractivity contribution in [1.29, 1.82) is 0 Å². The normalized spacial score (nSPS) is 9.67. The van der Waals surface area contributed by atoms with E-state index >= 15 is 0 Å². The maximum absolute atomic E-state index is 12.0. The van der Waals surface area contributed by atoms with Gasteiger partial charge in [0.2, 0.25) is 0 Å². The number of hydrogen-bond acceptors (Lipinski definition) is 2. The molecular weight excluding hydrogens is 143 g/mol. The van der Waals surface area contributed by atoms with E-state index in [2.05, 4.69) is 16.2 Å². The van der Waals surface area contributed by atoms with E-state index in [0.29, 0.717) is 5.69 Å². The van der Waals surface area contributed by atoms with E-state index in [-0.39, 0.29) is 5.02 Å². The molecule has 0 bridgehead atoms. The molecule has 0 aromatic carbocycles. The van der Waals surface area contributed by atoms with Crippen LogP contribution >= 0.6 is 11.6 Å². The van der Waals surface area contributed by atoms with E-state index in [0.717, 1.165) is 0 Å². The Labute approximate surface area is 56.7 Å². The van der Waals surface area contributed by atoms with Gasteiger partial charge >= 0.3 is 6.08 Å². The van der Waals surface area contributed by atoms with Crippen molar-refractivity contribution in [3.8, 4) is 0 Å². The summed E-state index contributed by atoms with van der Waals surface area (Å²) < 4.78 is 12.0. The van der Waals surface area contributed by atoms with Crippen LogP contribution in [0, 0.1) is 19.2 Å². The van der Waals surface area contributed by atoms with Crippen molar-refractivity contribution in [3.05, 3.63) is 23.0 Å². The monoisotopic (exact) mass is 145 g/mol. The number of aryl methyl sites for hydroxylation is 1. The van der Waals surface area contributed by atoms with Crippen molar-refractivity contribution < 1.29 is 4.39 Å². The molecule has 4 heteroatoms. The highest BCUT2D eigenvalue weighted by Gasteiger charge is 1.97. The number of hydrogen-bond donors (Lipinski definition) is 0. The SMILES string of the molecule is Cc1nc(F)n[c]c1Cl. The minimum atomic E-state index is -0.795. The third kappa shape index (κ3) is 1.36. The Kier molecular flexibility index (Phi) is 1.62. The van der Waals surface area contributed by atoms with Crippen LogP contribution in [0.1, 0.15) is 5.69 Å². The van der Waals surface area contributed by atoms with Gasteiger partial charge in [0, 0.05) is 0 Å². The first-order valence-electron chi connectivity index (χ1n) is 2.27. The highest BCUT2D eigenvalue weighted by atomic mass is 35.5. The van der Waals surface area contributed by atoms with Crippen LogP contribution in [0.2, 0.25) is 5.02 Å². The predicted molar refractivity (Wildman–Crippen MR) is 30.6 cm³/mol. The van der Waals surface area contributed by atoms with Crippen LogP contribution in [0.3, 0.4) is 0 Å². The van der Waals surface area contributed by atoms with Gasteiger partial charge in [-0.3, -0.25) is 0 Å². The lowest BCUT2D eigenvalue weighted by Crippen LogP contribution is -1.91. The minimum Gasteiger partial charge on any atom is -0.206 e. The molecule has 0 N–H and O–H groups in total. The lowest BCUT2D eigenvalue weighted by atomic mass is 10.5. The third-order valence-corrected chi connectivity index (χ3v) is 1.18. The molecule has 0 aliphatic carbocycles. The largest absolute Gasteiger partial charge is 0.309 e. The summed E-state index contributed by atoms with van der Waals surface area (Å²) in [6.07, 6.45) is 1.45. The molecule has 1 rings (SSSR count). The molecule has 0 aliphatic heterocycles. The fourth-order valence-electron chi connectivity index (χ4n) is 0.389. The summed E-state index contributed by atoms with van der Waals surface area (Å²) >= 11 is 5.43. The summed E-state index contributed by atoms with van der Waals surface area (Å²) in [6.45, 7) is 1.59. The maximum Gasteiger partial charge on any atom is 0.309 e. The van der Waals surface area contributed by atoms with Crippen molar-refractivity contribution in [2.45, 2.75) is 6.92 Å². The lowest BCUT2D eigenvalue weighted by Gasteiger charge is -1.91. The zero-order valence-corrected chi connectivity index (χ0v) is 5.41. The molecule has 47 valence electrons. The van der Waals surface area contributed by atoms with Gasteiger partial charge in [-0.15, -0.1) is 0 Å². The molecule has 0 saturated heterocycles. The Bertz CT molecular complexity index is 226. The van der Waals surface area contributed by atoms with Gasteiger partial charge in [0.25, 0.3) is 0 Å². The summed E-state index contributed by atoms with van der Waals surface area (Å²) in [5, 5.41) is 0.261. The van der Waals surface area contributed by atoms with Gasteiger partial charge in [-0.2, -0.15) is 9.37 Å². The average molecular weight is 146 g/mol. The number of aromatic nitrogens is 2. The Morgan fingerprint density at radius 3 is 2.78 bits per heavy atom. The molecule has 0 amide bonds. The van der Waals surface area contributed by atoms with Crippen LogP contribution in [0.5, 0.6) is 0 Å². The van der Waals surface area contributed by atoms with E-state index in [1.54, 1.807) is 6.92 Å². The van der Waals surface area contributed by atoms with Gasteiger partial charge in [0.1, 0.15) is 6.20 Å². The fraction of sp³-hybridized carbons (Fsp3) is 0.200. The van der Waals surface area contributed by atoms with Crippen LogP contribution in [-0.2, 0) is 0 Å². The average Bonchev–Trinajstić information content (AvgIpc) is 1.80. The van der Waals surface area contributed by atoms with Crippen LogP contribution in [0.25, 0.3) is 0 Å². The molecule has 1 aromatic rings. The third-order valence-electron chi connectivity index (χ3n) is 0.824. The molecule has 1 radical (unpaired) electrons. The number of nitrogens with zero attached hydrogens (tertiary/aromatic N) is 2. The molecule has 0 aliphatic rings. The number of halogens is 2. The van der Waals surface area contributed by atoms with Crippen molar-refractivity contribution in [2.75, 3.05) is 0 Å². The standard InChI is InChI=1S/C5H3ClFN2/c1-3-4(6)2-8-5(7)9-3/h1H3. The quantitative estimate of drug-likeness (QED) is 0.516. The van der Waals surface area contributed by atoms with Crippen LogP contribution in [-0.4, -0.2) is 9.97 Å². The maximum atomic E-state index is 12.0. The molecule has 0 unspecified atom stereocenters. The zero-order valence-electron chi connectivity index (χ0n) is 4.65. The first-order valence-corrected chi connectivity index (χ1v) is 2.65. The Morgan fingerprint density at radius 2 is 2.33 bits per heavy atom. The molecule has 2 nitrogen and oxygen atoms in total. The molecule has 0 saturated carbocycles. The second-order valence-corrected chi connectivity index (χ2v) is 1.88. The van der Waals surface area contributed by atoms with Crippen molar-refractivity contribution >= 4 is 11.6 Å². The van der Waals surface area contributed by atoms with E-state index in [1.165, 1.54) is 0 Å². The van der Waals surface area contributed by atoms with E-state index in [4.69, 9.17) is 11.6 Å². The first-order chi connectivity index (χ1) is 4.20. The van der Waals surface area contributed by atoms with Crippen molar-refractivity contribution in [3.63, 3.8) is 0 Å². The Balaban J connectivity index is 3.17. The molecule has 1 aromatic heterocycles. The van der Waals surface area contributed by atoms with Crippen molar-refractivity contribution in [2.24, 2.45) is 0 Å². The van der Waals surface area contributed by atoms with Gasteiger partial charge in [0.05, 0.1) is 10.7 Å². The van der Waals surface area contributed by atoms with Gasteiger partial charge in [0.15, 0.2) is 0 Å². The van der Waals surface area contributed by atoms with E-state index in [9.17, 15) is 4.39 Å². The summed E-state index contributed by atoms with van der Waals surface area (Å²) in [5.74, 6) is 0. The minimum absolute atomic E-state index is 0.261. The summed E-state index contributed by atoms with van der Waals surface area (Å²) in [5.41, 5.74) is 0.407.